The van der Waals surface area contributed by atoms with E-state index in [0.29, 0.717) is 13.1 Å². The van der Waals surface area contributed by atoms with E-state index in [4.69, 9.17) is 4.42 Å². The molecule has 1 atom stereocenters. The smallest absolute Gasteiger partial charge is 0.252 e. The predicted molar refractivity (Wildman–Crippen MR) is 139 cm³/mol. The van der Waals surface area contributed by atoms with Crippen molar-refractivity contribution < 1.29 is 4.42 Å². The molecule has 3 aromatic heterocycles. The van der Waals surface area contributed by atoms with E-state index in [9.17, 15) is 4.79 Å². The van der Waals surface area contributed by atoms with Gasteiger partial charge in [-0.2, -0.15) is 0 Å². The van der Waals surface area contributed by atoms with Crippen LogP contribution in [0.25, 0.3) is 10.9 Å². The highest BCUT2D eigenvalue weighted by Crippen LogP contribution is 2.25. The molecular weight excluding hydrogens is 452 g/mol. The van der Waals surface area contributed by atoms with Crippen LogP contribution in [0.3, 0.4) is 0 Å². The Labute approximate surface area is 209 Å². The molecule has 0 fully saturated rings. The van der Waals surface area contributed by atoms with Crippen LogP contribution in [0.2, 0.25) is 0 Å². The second-order valence-electron chi connectivity index (χ2n) is 9.12. The summed E-state index contributed by atoms with van der Waals surface area (Å²) in [6, 6.07) is 22.2. The highest BCUT2D eigenvalue weighted by atomic mass is 16.3. The van der Waals surface area contributed by atoms with E-state index in [-0.39, 0.29) is 11.6 Å². The first-order valence-corrected chi connectivity index (χ1v) is 12.3. The first-order valence-electron chi connectivity index (χ1n) is 12.3. The Hall–Kier alpha value is -4.04. The zero-order valence-electron chi connectivity index (χ0n) is 20.6. The summed E-state index contributed by atoms with van der Waals surface area (Å²) in [6.45, 7) is 5.87. The molecule has 0 saturated carbocycles. The Balaban J connectivity index is 1.48. The number of nitrogens with zero attached hydrogens (tertiary/aromatic N) is 5. The summed E-state index contributed by atoms with van der Waals surface area (Å²) >= 11 is 0. The molecule has 0 bridgehead atoms. The minimum absolute atomic E-state index is 0.0684. The van der Waals surface area contributed by atoms with Gasteiger partial charge in [-0.3, -0.25) is 9.69 Å². The van der Waals surface area contributed by atoms with Gasteiger partial charge in [-0.1, -0.05) is 48.9 Å². The van der Waals surface area contributed by atoms with Gasteiger partial charge in [0.25, 0.3) is 5.56 Å². The van der Waals surface area contributed by atoms with Crippen LogP contribution in [0.1, 0.15) is 47.7 Å². The van der Waals surface area contributed by atoms with Crippen LogP contribution >= 0.6 is 0 Å². The summed E-state index contributed by atoms with van der Waals surface area (Å²) in [5, 5.41) is 13.6. The average molecular weight is 483 g/mol. The summed E-state index contributed by atoms with van der Waals surface area (Å²) in [5.74, 6) is 1.55. The molecule has 1 N–H and O–H groups in total. The van der Waals surface area contributed by atoms with E-state index in [0.717, 1.165) is 53.0 Å². The topological polar surface area (TPSA) is 92.8 Å². The normalized spacial score (nSPS) is 12.4. The summed E-state index contributed by atoms with van der Waals surface area (Å²) in [6.07, 6.45) is 3.29. The fourth-order valence-corrected chi connectivity index (χ4v) is 4.69. The maximum Gasteiger partial charge on any atom is 0.252 e. The number of nitrogens with one attached hydrogen (secondary N) is 1. The number of benzene rings is 2. The molecule has 8 nitrogen and oxygen atoms in total. The van der Waals surface area contributed by atoms with E-state index < -0.39 is 0 Å². The lowest BCUT2D eigenvalue weighted by molar-refractivity contribution is 0.172. The lowest BCUT2D eigenvalue weighted by atomic mass is 10.1. The molecule has 36 heavy (non-hydrogen) atoms. The Morgan fingerprint density at radius 2 is 1.94 bits per heavy atom. The summed E-state index contributed by atoms with van der Waals surface area (Å²) in [5.41, 5.74) is 3.91. The van der Waals surface area contributed by atoms with Crippen LogP contribution in [0.4, 0.5) is 0 Å². The molecule has 0 saturated heterocycles. The lowest BCUT2D eigenvalue weighted by Gasteiger charge is -2.30. The third-order valence-electron chi connectivity index (χ3n) is 6.55. The molecule has 5 aromatic rings. The van der Waals surface area contributed by atoms with Gasteiger partial charge in [0.15, 0.2) is 5.82 Å². The van der Waals surface area contributed by atoms with Crippen molar-refractivity contribution in [3.8, 4) is 0 Å². The molecule has 0 unspecified atom stereocenters. The molecule has 0 radical (unpaired) electrons. The van der Waals surface area contributed by atoms with Crippen LogP contribution in [-0.4, -0.2) is 36.6 Å². The van der Waals surface area contributed by atoms with Crippen LogP contribution in [0, 0.1) is 6.92 Å². The van der Waals surface area contributed by atoms with Crippen LogP contribution in [-0.2, 0) is 19.5 Å². The van der Waals surface area contributed by atoms with Gasteiger partial charge in [0.05, 0.1) is 12.3 Å². The first-order chi connectivity index (χ1) is 17.6. The second kappa shape index (κ2) is 10.7. The molecular formula is C28H30N6O2. The maximum atomic E-state index is 13.1. The predicted octanol–water partition coefficient (Wildman–Crippen LogP) is 4.66. The number of pyridine rings is 1. The van der Waals surface area contributed by atoms with E-state index in [1.807, 2.05) is 36.4 Å². The number of furan rings is 1. The van der Waals surface area contributed by atoms with Crippen molar-refractivity contribution >= 4 is 10.9 Å². The van der Waals surface area contributed by atoms with Gasteiger partial charge < -0.3 is 9.40 Å². The third-order valence-corrected chi connectivity index (χ3v) is 6.55. The minimum atomic E-state index is -0.0775. The quantitative estimate of drug-likeness (QED) is 0.311. The molecule has 2 aromatic carbocycles. The number of hydrogen-bond acceptors (Lipinski definition) is 6. The van der Waals surface area contributed by atoms with Crippen molar-refractivity contribution in [3.05, 3.63) is 112 Å². The molecule has 3 heterocycles. The number of aromatic amines is 1. The van der Waals surface area contributed by atoms with Crippen LogP contribution < -0.4 is 5.56 Å². The van der Waals surface area contributed by atoms with E-state index in [1.54, 1.807) is 10.9 Å². The van der Waals surface area contributed by atoms with Gasteiger partial charge in [0.1, 0.15) is 12.3 Å². The Morgan fingerprint density at radius 3 is 2.72 bits per heavy atom. The van der Waals surface area contributed by atoms with Crippen LogP contribution in [0.15, 0.2) is 82.2 Å². The van der Waals surface area contributed by atoms with Gasteiger partial charge in [0.2, 0.25) is 0 Å². The van der Waals surface area contributed by atoms with E-state index in [1.165, 1.54) is 5.56 Å². The van der Waals surface area contributed by atoms with Crippen molar-refractivity contribution in [1.82, 2.24) is 30.1 Å². The van der Waals surface area contributed by atoms with Crippen molar-refractivity contribution in [2.24, 2.45) is 0 Å². The number of rotatable bonds is 10. The molecule has 5 rings (SSSR count). The first kappa shape index (κ1) is 23.7. The van der Waals surface area contributed by atoms with Gasteiger partial charge >= 0.3 is 0 Å². The van der Waals surface area contributed by atoms with Gasteiger partial charge in [-0.05, 0) is 71.5 Å². The number of fused-ring (bicyclic) bond motifs is 1. The minimum Gasteiger partial charge on any atom is -0.467 e. The average Bonchev–Trinajstić information content (AvgIpc) is 3.57. The van der Waals surface area contributed by atoms with Gasteiger partial charge in [-0.25, -0.2) is 4.68 Å². The number of tetrazole rings is 1. The summed E-state index contributed by atoms with van der Waals surface area (Å²) in [7, 11) is 0. The van der Waals surface area contributed by atoms with Crippen LogP contribution in [0.5, 0.6) is 0 Å². The van der Waals surface area contributed by atoms with Crippen molar-refractivity contribution in [2.45, 2.75) is 45.8 Å². The molecule has 0 aliphatic heterocycles. The molecule has 0 spiro atoms. The summed E-state index contributed by atoms with van der Waals surface area (Å²) < 4.78 is 7.32. The Bertz CT molecular complexity index is 1470. The standard InChI is InChI=1S/C28H30N6O2/c1-3-26(27-30-31-32-34(27)19-24-10-7-15-36-24)33(14-13-21-8-5-4-6-9-21)18-23-17-22-16-20(2)11-12-25(22)29-28(23)35/h4-12,15-17,26H,3,13-14,18-19H2,1-2H3,(H,29,35)/t26-/m0/s1. The number of H-pyrrole nitrogens is 1. The Kier molecular flexibility index (Phi) is 7.04. The monoisotopic (exact) mass is 482 g/mol. The van der Waals surface area contributed by atoms with Gasteiger partial charge in [0, 0.05) is 24.2 Å². The summed E-state index contributed by atoms with van der Waals surface area (Å²) in [4.78, 5) is 18.4. The SMILES string of the molecule is CC[C@@H](c1nnnn1Cc1ccco1)N(CCc1ccccc1)Cc1cc2cc(C)ccc2[nH]c1=O. The molecule has 0 amide bonds. The number of aromatic nitrogens is 5. The maximum absolute atomic E-state index is 13.1. The lowest BCUT2D eigenvalue weighted by Crippen LogP contribution is -2.34. The Morgan fingerprint density at radius 1 is 1.08 bits per heavy atom. The fourth-order valence-electron chi connectivity index (χ4n) is 4.69. The zero-order chi connectivity index (χ0) is 24.9. The van der Waals surface area contributed by atoms with Crippen molar-refractivity contribution in [3.63, 3.8) is 0 Å². The number of aryl methyl sites for hydroxylation is 1. The van der Waals surface area contributed by atoms with Crippen molar-refractivity contribution in [1.29, 1.82) is 0 Å². The highest BCUT2D eigenvalue weighted by Gasteiger charge is 2.26. The molecule has 184 valence electrons. The van der Waals surface area contributed by atoms with E-state index >= 15 is 0 Å². The third kappa shape index (κ3) is 5.28. The molecule has 8 heteroatoms. The largest absolute Gasteiger partial charge is 0.467 e. The molecule has 0 aliphatic rings. The highest BCUT2D eigenvalue weighted by molar-refractivity contribution is 5.79. The number of hydrogen-bond donors (Lipinski definition) is 1. The van der Waals surface area contributed by atoms with E-state index in [2.05, 4.69) is 69.6 Å². The van der Waals surface area contributed by atoms with Crippen molar-refractivity contribution in [2.75, 3.05) is 6.54 Å². The molecule has 0 aliphatic carbocycles. The zero-order valence-corrected chi connectivity index (χ0v) is 20.6. The fraction of sp³-hybridized carbons (Fsp3) is 0.286. The second-order valence-corrected chi connectivity index (χ2v) is 9.12. The van der Waals surface area contributed by atoms with Gasteiger partial charge in [-0.15, -0.1) is 5.10 Å².